The lowest BCUT2D eigenvalue weighted by atomic mass is 10.1. The Kier molecular flexibility index (Phi) is 4.34. The van der Waals surface area contributed by atoms with Gasteiger partial charge in [0.1, 0.15) is 0 Å². The maximum Gasteiger partial charge on any atom is 0.150 e. The Hall–Kier alpha value is -1.68. The molecule has 0 aliphatic carbocycles. The zero-order chi connectivity index (χ0) is 14.7. The molecule has 3 rings (SSSR count). The van der Waals surface area contributed by atoms with Gasteiger partial charge in [0, 0.05) is 19.1 Å². The fraction of sp³-hybridized carbons (Fsp3) is 0.529. The van der Waals surface area contributed by atoms with Crippen LogP contribution in [0.4, 0.5) is 5.82 Å². The second-order valence-corrected chi connectivity index (χ2v) is 5.86. The molecule has 1 aromatic heterocycles. The lowest BCUT2D eigenvalue weighted by molar-refractivity contribution is 0.421. The maximum atomic E-state index is 4.85. The molecule has 4 heteroatoms. The molecule has 0 radical (unpaired) electrons. The van der Waals surface area contributed by atoms with Crippen LogP contribution in [0.25, 0.3) is 11.0 Å². The summed E-state index contributed by atoms with van der Waals surface area (Å²) in [5.41, 5.74) is 3.00. The van der Waals surface area contributed by atoms with Crippen LogP contribution in [0.1, 0.15) is 31.9 Å². The number of nitrogens with zero attached hydrogens (tertiary/aromatic N) is 3. The zero-order valence-electron chi connectivity index (χ0n) is 13.0. The molecule has 1 fully saturated rings. The first-order valence-corrected chi connectivity index (χ1v) is 7.99. The van der Waals surface area contributed by atoms with Crippen molar-refractivity contribution in [2.75, 3.05) is 24.5 Å². The quantitative estimate of drug-likeness (QED) is 0.937. The average molecular weight is 284 g/mol. The number of aromatic nitrogens is 2. The highest BCUT2D eigenvalue weighted by Gasteiger charge is 2.22. The Balaban J connectivity index is 1.83. The van der Waals surface area contributed by atoms with Crippen LogP contribution in [0, 0.1) is 6.92 Å². The van der Waals surface area contributed by atoms with Crippen LogP contribution in [0.15, 0.2) is 24.3 Å². The number of anilines is 1. The molecule has 0 spiro atoms. The van der Waals surface area contributed by atoms with Crippen molar-refractivity contribution in [2.45, 2.75) is 39.2 Å². The molecule has 1 aromatic carbocycles. The topological polar surface area (TPSA) is 41.0 Å². The summed E-state index contributed by atoms with van der Waals surface area (Å²) in [5.74, 6) is 1.05. The minimum atomic E-state index is 0.575. The molecule has 0 saturated carbocycles. The molecule has 112 valence electrons. The van der Waals surface area contributed by atoms with Gasteiger partial charge in [-0.2, -0.15) is 0 Å². The molecule has 2 aromatic rings. The summed E-state index contributed by atoms with van der Waals surface area (Å²) >= 11 is 0. The number of benzene rings is 1. The number of para-hydroxylation sites is 2. The monoisotopic (exact) mass is 284 g/mol. The lowest BCUT2D eigenvalue weighted by Crippen LogP contribution is -2.46. The van der Waals surface area contributed by atoms with Crippen LogP contribution in [0.2, 0.25) is 0 Å². The Bertz CT molecular complexity index is 611. The van der Waals surface area contributed by atoms with E-state index in [-0.39, 0.29) is 0 Å². The highest BCUT2D eigenvalue weighted by atomic mass is 15.2. The number of fused-ring (bicyclic) bond motifs is 1. The van der Waals surface area contributed by atoms with Crippen LogP contribution in [-0.4, -0.2) is 35.6 Å². The number of nitrogens with one attached hydrogen (secondary N) is 1. The summed E-state index contributed by atoms with van der Waals surface area (Å²) in [6.45, 7) is 7.50. The molecule has 1 N–H and O–H groups in total. The second kappa shape index (κ2) is 6.39. The first kappa shape index (κ1) is 14.3. The van der Waals surface area contributed by atoms with E-state index in [0.717, 1.165) is 42.2 Å². The summed E-state index contributed by atoms with van der Waals surface area (Å²) in [5, 5.41) is 3.64. The Morgan fingerprint density at radius 3 is 2.76 bits per heavy atom. The van der Waals surface area contributed by atoms with Gasteiger partial charge < -0.3 is 10.2 Å². The normalized spacial score (nSPS) is 19.1. The molecule has 4 nitrogen and oxygen atoms in total. The zero-order valence-corrected chi connectivity index (χ0v) is 13.0. The van der Waals surface area contributed by atoms with Crippen molar-refractivity contribution in [3.8, 4) is 0 Å². The van der Waals surface area contributed by atoms with Gasteiger partial charge in [-0.3, -0.25) is 0 Å². The van der Waals surface area contributed by atoms with E-state index in [2.05, 4.69) is 24.1 Å². The molecule has 1 unspecified atom stereocenters. The molecule has 1 aliphatic heterocycles. The van der Waals surface area contributed by atoms with Crippen molar-refractivity contribution in [3.63, 3.8) is 0 Å². The lowest BCUT2D eigenvalue weighted by Gasteiger charge is -2.34. The Labute approximate surface area is 126 Å². The number of hydrogen-bond donors (Lipinski definition) is 1. The Morgan fingerprint density at radius 2 is 2.00 bits per heavy atom. The molecular formula is C17H24N4. The van der Waals surface area contributed by atoms with E-state index in [9.17, 15) is 0 Å². The average Bonchev–Trinajstić information content (AvgIpc) is 2.52. The number of aryl methyl sites for hydroxylation is 1. The van der Waals surface area contributed by atoms with Crippen molar-refractivity contribution < 1.29 is 0 Å². The van der Waals surface area contributed by atoms with Crippen LogP contribution >= 0.6 is 0 Å². The third-order valence-corrected chi connectivity index (χ3v) is 4.12. The first-order valence-electron chi connectivity index (χ1n) is 7.99. The van der Waals surface area contributed by atoms with Crippen LogP contribution in [0.3, 0.4) is 0 Å². The van der Waals surface area contributed by atoms with Crippen molar-refractivity contribution in [3.05, 3.63) is 30.0 Å². The van der Waals surface area contributed by atoms with Gasteiger partial charge in [-0.25, -0.2) is 9.97 Å². The van der Waals surface area contributed by atoms with Gasteiger partial charge in [-0.1, -0.05) is 19.1 Å². The predicted octanol–water partition coefficient (Wildman–Crippen LogP) is 2.91. The molecule has 1 saturated heterocycles. The molecule has 1 atom stereocenters. The van der Waals surface area contributed by atoms with Crippen LogP contribution in [0.5, 0.6) is 0 Å². The summed E-state index contributed by atoms with van der Waals surface area (Å²) in [6.07, 6.45) is 3.66. The van der Waals surface area contributed by atoms with Gasteiger partial charge in [-0.15, -0.1) is 0 Å². The van der Waals surface area contributed by atoms with E-state index in [1.54, 1.807) is 0 Å². The summed E-state index contributed by atoms with van der Waals surface area (Å²) in [6, 6.07) is 8.69. The highest BCUT2D eigenvalue weighted by Crippen LogP contribution is 2.23. The van der Waals surface area contributed by atoms with Crippen molar-refractivity contribution >= 4 is 16.9 Å². The highest BCUT2D eigenvalue weighted by molar-refractivity contribution is 5.76. The van der Waals surface area contributed by atoms with Gasteiger partial charge in [0.25, 0.3) is 0 Å². The SMILES string of the molecule is CCCNC1CCCN(c2nc3ccccc3nc2C)C1. The molecule has 1 aliphatic rings. The fourth-order valence-corrected chi connectivity index (χ4v) is 3.06. The van der Waals surface area contributed by atoms with E-state index < -0.39 is 0 Å². The van der Waals surface area contributed by atoms with Gasteiger partial charge in [0.2, 0.25) is 0 Å². The van der Waals surface area contributed by atoms with Crippen LogP contribution in [-0.2, 0) is 0 Å². The molecule has 0 amide bonds. The standard InChI is InChI=1S/C17H24N4/c1-3-10-18-14-7-6-11-21(12-14)17-13(2)19-15-8-4-5-9-16(15)20-17/h4-5,8-9,14,18H,3,6-7,10-12H2,1-2H3. The van der Waals surface area contributed by atoms with E-state index in [1.165, 1.54) is 19.3 Å². The molecule has 21 heavy (non-hydrogen) atoms. The van der Waals surface area contributed by atoms with Crippen LogP contribution < -0.4 is 10.2 Å². The van der Waals surface area contributed by atoms with E-state index in [0.29, 0.717) is 6.04 Å². The van der Waals surface area contributed by atoms with Gasteiger partial charge in [0.15, 0.2) is 5.82 Å². The largest absolute Gasteiger partial charge is 0.354 e. The summed E-state index contributed by atoms with van der Waals surface area (Å²) < 4.78 is 0. The minimum Gasteiger partial charge on any atom is -0.354 e. The van der Waals surface area contributed by atoms with Gasteiger partial charge >= 0.3 is 0 Å². The van der Waals surface area contributed by atoms with Crippen molar-refractivity contribution in [1.82, 2.24) is 15.3 Å². The van der Waals surface area contributed by atoms with Gasteiger partial charge in [-0.05, 0) is 44.9 Å². The number of rotatable bonds is 4. The van der Waals surface area contributed by atoms with Crippen molar-refractivity contribution in [1.29, 1.82) is 0 Å². The molecule has 2 heterocycles. The van der Waals surface area contributed by atoms with Crippen molar-refractivity contribution in [2.24, 2.45) is 0 Å². The first-order chi connectivity index (χ1) is 10.3. The fourth-order valence-electron chi connectivity index (χ4n) is 3.06. The third-order valence-electron chi connectivity index (χ3n) is 4.12. The summed E-state index contributed by atoms with van der Waals surface area (Å²) in [4.78, 5) is 12.0. The van der Waals surface area contributed by atoms with E-state index >= 15 is 0 Å². The van der Waals surface area contributed by atoms with Gasteiger partial charge in [0.05, 0.1) is 16.7 Å². The maximum absolute atomic E-state index is 4.85. The minimum absolute atomic E-state index is 0.575. The van der Waals surface area contributed by atoms with E-state index in [4.69, 9.17) is 9.97 Å². The Morgan fingerprint density at radius 1 is 1.24 bits per heavy atom. The number of hydrogen-bond acceptors (Lipinski definition) is 4. The predicted molar refractivity (Wildman–Crippen MR) is 87.8 cm³/mol. The molecular weight excluding hydrogens is 260 g/mol. The number of piperidine rings is 1. The smallest absolute Gasteiger partial charge is 0.150 e. The van der Waals surface area contributed by atoms with E-state index in [1.807, 2.05) is 24.3 Å². The summed E-state index contributed by atoms with van der Waals surface area (Å²) in [7, 11) is 0. The molecule has 0 bridgehead atoms. The third kappa shape index (κ3) is 3.16. The second-order valence-electron chi connectivity index (χ2n) is 5.86.